The topological polar surface area (TPSA) is 11.4 Å². The lowest BCUT2D eigenvalue weighted by Crippen LogP contribution is -2.64. The fourth-order valence-corrected chi connectivity index (χ4v) is 15.0. The monoisotopic (exact) mass is 824 g/mol. The number of rotatable bonds is 2. The zero-order chi connectivity index (χ0) is 43.2. The molecule has 1 aromatic heterocycles. The van der Waals surface area contributed by atoms with E-state index >= 15 is 0 Å². The highest BCUT2D eigenvalue weighted by atomic mass is 15.3. The summed E-state index contributed by atoms with van der Waals surface area (Å²) in [5, 5.41) is 2.77. The van der Waals surface area contributed by atoms with E-state index in [4.69, 9.17) is 0 Å². The molecule has 316 valence electrons. The number of hydrogen-bond acceptors (Lipinski definition) is 2. The van der Waals surface area contributed by atoms with Crippen molar-refractivity contribution >= 4 is 67.7 Å². The first kappa shape index (κ1) is 38.3. The molecule has 6 aliphatic rings. The Balaban J connectivity index is 1.21. The van der Waals surface area contributed by atoms with E-state index in [-0.39, 0.29) is 39.5 Å². The molecule has 0 spiro atoms. The molecule has 7 aromatic rings. The normalized spacial score (nSPS) is 26.5. The van der Waals surface area contributed by atoms with Crippen molar-refractivity contribution in [2.75, 3.05) is 9.80 Å². The number of para-hydroxylation sites is 2. The lowest BCUT2D eigenvalue weighted by Gasteiger charge is -2.54. The highest BCUT2D eigenvalue weighted by Crippen LogP contribution is 2.66. The van der Waals surface area contributed by atoms with E-state index in [1.165, 1.54) is 133 Å². The van der Waals surface area contributed by atoms with Crippen molar-refractivity contribution in [3.05, 3.63) is 143 Å². The molecule has 2 fully saturated rings. The maximum atomic E-state index is 2.95. The molecule has 4 atom stereocenters. The number of benzene rings is 6. The van der Waals surface area contributed by atoms with Crippen LogP contribution in [-0.2, 0) is 21.7 Å². The molecule has 0 N–H and O–H groups in total. The molecule has 0 bridgehead atoms. The van der Waals surface area contributed by atoms with Crippen LogP contribution >= 0.6 is 0 Å². The molecular formula is C59H62BN3. The van der Waals surface area contributed by atoms with E-state index in [1.807, 2.05) is 0 Å². The predicted octanol–water partition coefficient (Wildman–Crippen LogP) is 13.0. The smallest absolute Gasteiger partial charge is 0.252 e. The highest BCUT2D eigenvalue weighted by molar-refractivity contribution is 7.00. The molecule has 0 amide bonds. The van der Waals surface area contributed by atoms with Gasteiger partial charge in [-0.1, -0.05) is 153 Å². The molecule has 6 aromatic carbocycles. The largest absolute Gasteiger partial charge is 0.335 e. The fraction of sp³-hybridized carbons (Fsp3) is 0.390. The molecule has 4 aliphatic heterocycles. The van der Waals surface area contributed by atoms with Crippen LogP contribution in [0.2, 0.25) is 0 Å². The van der Waals surface area contributed by atoms with E-state index in [9.17, 15) is 0 Å². The van der Waals surface area contributed by atoms with Crippen LogP contribution < -0.4 is 26.2 Å². The van der Waals surface area contributed by atoms with Crippen molar-refractivity contribution in [2.45, 2.75) is 146 Å². The number of anilines is 4. The molecular weight excluding hydrogens is 761 g/mol. The summed E-state index contributed by atoms with van der Waals surface area (Å²) in [5.74, 6) is 0. The molecule has 2 saturated carbocycles. The van der Waals surface area contributed by atoms with Gasteiger partial charge in [-0.2, -0.15) is 0 Å². The Kier molecular flexibility index (Phi) is 7.36. The van der Waals surface area contributed by atoms with E-state index in [0.29, 0.717) is 0 Å². The van der Waals surface area contributed by atoms with Gasteiger partial charge in [-0.25, -0.2) is 0 Å². The Labute approximate surface area is 375 Å². The minimum Gasteiger partial charge on any atom is -0.335 e. The van der Waals surface area contributed by atoms with Gasteiger partial charge in [-0.15, -0.1) is 0 Å². The first-order chi connectivity index (χ1) is 30.1. The van der Waals surface area contributed by atoms with Gasteiger partial charge in [-0.3, -0.25) is 0 Å². The molecule has 2 aliphatic carbocycles. The minimum atomic E-state index is -0.155. The summed E-state index contributed by atoms with van der Waals surface area (Å²) in [6.07, 6.45) is 9.75. The Bertz CT molecular complexity index is 3130. The SMILES string of the molecule is CC(C)(C)c1ccc2c(c1)c1cc(C(C)(C)C)cc3c1n2-c1cc(N2c4ccccc4C4(C)CCCCC24C)cc2c1B3c1cccc3c1N2C1(C)CCCCC31c1ccccc1. The van der Waals surface area contributed by atoms with Crippen LogP contribution in [0.5, 0.6) is 0 Å². The standard InChI is InChI=1S/C59H62BN3/c1-54(2,3)38-26-27-47-41(32-38)42-33-39(55(4,5)6)34-46-52(42)61(47)49-35-40(62-48-25-14-13-22-43(48)56(7)28-15-16-29-57(56,62)8)36-50-51(49)60(46)45-24-19-23-44-53(45)63(50)58(9)30-17-18-31-59(44,58)37-20-11-10-12-21-37/h10-14,19-27,32-36H,15-18,28-31H2,1-9H3. The summed E-state index contributed by atoms with van der Waals surface area (Å²) in [4.78, 5) is 5.80. The van der Waals surface area contributed by atoms with E-state index < -0.39 is 0 Å². The van der Waals surface area contributed by atoms with E-state index in [0.717, 1.165) is 12.8 Å². The second-order valence-corrected chi connectivity index (χ2v) is 23.4. The summed E-state index contributed by atoms with van der Waals surface area (Å²) in [6, 6.07) is 46.6. The van der Waals surface area contributed by atoms with Gasteiger partial charge >= 0.3 is 0 Å². The summed E-state index contributed by atoms with van der Waals surface area (Å²) < 4.78 is 2.74. The molecule has 63 heavy (non-hydrogen) atoms. The quantitative estimate of drug-likeness (QED) is 0.161. The third-order valence-corrected chi connectivity index (χ3v) is 18.3. The van der Waals surface area contributed by atoms with Crippen molar-refractivity contribution in [1.29, 1.82) is 0 Å². The van der Waals surface area contributed by atoms with Crippen LogP contribution in [0, 0.1) is 0 Å². The molecule has 3 nitrogen and oxygen atoms in total. The van der Waals surface area contributed by atoms with Crippen LogP contribution in [0.15, 0.2) is 115 Å². The van der Waals surface area contributed by atoms with Crippen molar-refractivity contribution in [1.82, 2.24) is 4.57 Å². The van der Waals surface area contributed by atoms with Crippen LogP contribution in [0.25, 0.3) is 27.5 Å². The molecule has 0 saturated heterocycles. The van der Waals surface area contributed by atoms with Crippen molar-refractivity contribution in [3.63, 3.8) is 0 Å². The minimum absolute atomic E-state index is 0.0158. The van der Waals surface area contributed by atoms with Gasteiger partial charge in [0, 0.05) is 55.6 Å². The van der Waals surface area contributed by atoms with Crippen molar-refractivity contribution in [3.8, 4) is 5.69 Å². The summed E-state index contributed by atoms with van der Waals surface area (Å²) in [6.45, 7) is 22.2. The number of fused-ring (bicyclic) bond motifs is 13. The Morgan fingerprint density at radius 1 is 0.524 bits per heavy atom. The van der Waals surface area contributed by atoms with Gasteiger partial charge in [0.15, 0.2) is 0 Å². The third-order valence-electron chi connectivity index (χ3n) is 18.3. The maximum Gasteiger partial charge on any atom is 0.252 e. The zero-order valence-corrected chi connectivity index (χ0v) is 39.0. The number of nitrogens with zero attached hydrogens (tertiary/aromatic N) is 3. The lowest BCUT2D eigenvalue weighted by molar-refractivity contribution is 0.195. The van der Waals surface area contributed by atoms with E-state index in [1.54, 1.807) is 0 Å². The van der Waals surface area contributed by atoms with Crippen LogP contribution in [0.4, 0.5) is 22.7 Å². The summed E-state index contributed by atoms with van der Waals surface area (Å²) in [7, 11) is 0. The number of hydrogen-bond donors (Lipinski definition) is 0. The number of aromatic nitrogens is 1. The average molecular weight is 824 g/mol. The molecule has 4 unspecified atom stereocenters. The molecule has 0 radical (unpaired) electrons. The van der Waals surface area contributed by atoms with Crippen LogP contribution in [0.3, 0.4) is 0 Å². The lowest BCUT2D eigenvalue weighted by atomic mass is 9.33. The average Bonchev–Trinajstić information content (AvgIpc) is 3.81. The van der Waals surface area contributed by atoms with Gasteiger partial charge in [-0.05, 0) is 131 Å². The predicted molar refractivity (Wildman–Crippen MR) is 268 cm³/mol. The third kappa shape index (κ3) is 4.49. The molecule has 4 heteroatoms. The van der Waals surface area contributed by atoms with Gasteiger partial charge < -0.3 is 14.4 Å². The zero-order valence-electron chi connectivity index (χ0n) is 39.0. The second kappa shape index (κ2) is 12.1. The molecule has 13 rings (SSSR count). The first-order valence-electron chi connectivity index (χ1n) is 24.3. The second-order valence-electron chi connectivity index (χ2n) is 23.4. The van der Waals surface area contributed by atoms with Gasteiger partial charge in [0.25, 0.3) is 6.71 Å². The van der Waals surface area contributed by atoms with Crippen LogP contribution in [-0.4, -0.2) is 22.4 Å². The Morgan fingerprint density at radius 2 is 1.19 bits per heavy atom. The maximum absolute atomic E-state index is 2.95. The van der Waals surface area contributed by atoms with Gasteiger partial charge in [0.05, 0.1) is 16.6 Å². The fourth-order valence-electron chi connectivity index (χ4n) is 15.0. The first-order valence-corrected chi connectivity index (χ1v) is 24.3. The Morgan fingerprint density at radius 3 is 1.97 bits per heavy atom. The summed E-state index contributed by atoms with van der Waals surface area (Å²) in [5.41, 5.74) is 21.3. The van der Waals surface area contributed by atoms with Crippen molar-refractivity contribution in [2.24, 2.45) is 0 Å². The Hall–Kier alpha value is -5.22. The summed E-state index contributed by atoms with van der Waals surface area (Å²) >= 11 is 0. The van der Waals surface area contributed by atoms with Crippen LogP contribution in [0.1, 0.15) is 141 Å². The van der Waals surface area contributed by atoms with E-state index in [2.05, 4.69) is 192 Å². The highest BCUT2D eigenvalue weighted by Gasteiger charge is 2.64. The molecule has 5 heterocycles. The van der Waals surface area contributed by atoms with Gasteiger partial charge in [0.1, 0.15) is 0 Å². The van der Waals surface area contributed by atoms with Gasteiger partial charge in [0.2, 0.25) is 0 Å². The van der Waals surface area contributed by atoms with Crippen molar-refractivity contribution < 1.29 is 0 Å².